The molecule has 0 aliphatic rings. The molecule has 10 heteroatoms. The fraction of sp³-hybridized carbons (Fsp3) is 0. The summed E-state index contributed by atoms with van der Waals surface area (Å²) in [5.41, 5.74) is 0.855. The molecule has 4 aromatic rings. The lowest BCUT2D eigenvalue weighted by atomic mass is 10.2. The van der Waals surface area contributed by atoms with E-state index in [2.05, 4.69) is 19.8 Å². The molecule has 0 bridgehead atoms. The van der Waals surface area contributed by atoms with Gasteiger partial charge in [-0.25, -0.2) is 9.78 Å². The summed E-state index contributed by atoms with van der Waals surface area (Å²) in [7, 11) is 0. The summed E-state index contributed by atoms with van der Waals surface area (Å²) < 4.78 is 5.96. The standard InChI is InChI=1S/C18H11N5O5/c24-17-10-22(21-28-17)13-6-7-15-14(9-13)18(25)20-16(19-15)8-3-11-1-4-12(5-2-11)23(26)27/h1-10H,(H-,19,20,21,24,25)/p+1/b8-3-. The smallest absolute Gasteiger partial charge is 0.306 e. The van der Waals surface area contributed by atoms with Gasteiger partial charge in [0.05, 0.1) is 15.8 Å². The molecule has 10 nitrogen and oxygen atoms in total. The van der Waals surface area contributed by atoms with Gasteiger partial charge in [-0.1, -0.05) is 6.08 Å². The molecule has 0 radical (unpaired) electrons. The van der Waals surface area contributed by atoms with Crippen molar-refractivity contribution in [2.75, 3.05) is 0 Å². The topological polar surface area (TPSA) is 139 Å². The fourth-order valence-electron chi connectivity index (χ4n) is 2.64. The third-order valence-electron chi connectivity index (χ3n) is 4.00. The van der Waals surface area contributed by atoms with Crippen LogP contribution in [-0.4, -0.2) is 20.2 Å². The molecule has 4 rings (SSSR count). The van der Waals surface area contributed by atoms with Crippen LogP contribution in [0.1, 0.15) is 11.4 Å². The van der Waals surface area contributed by atoms with Crippen molar-refractivity contribution in [3.8, 4) is 5.69 Å². The molecule has 28 heavy (non-hydrogen) atoms. The lowest BCUT2D eigenvalue weighted by Crippen LogP contribution is -2.32. The maximum absolute atomic E-state index is 12.4. The second-order valence-electron chi connectivity index (χ2n) is 5.85. The van der Waals surface area contributed by atoms with E-state index in [0.29, 0.717) is 22.4 Å². The van der Waals surface area contributed by atoms with Gasteiger partial charge in [0.2, 0.25) is 5.69 Å². The van der Waals surface area contributed by atoms with Crippen LogP contribution in [-0.2, 0) is 0 Å². The number of nitro groups is 1. The number of hydrogen-bond donors (Lipinski definition) is 2. The minimum atomic E-state index is -0.543. The number of fused-ring (bicyclic) bond motifs is 1. The minimum Gasteiger partial charge on any atom is -0.306 e. The van der Waals surface area contributed by atoms with Crippen LogP contribution in [0.2, 0.25) is 0 Å². The molecule has 0 unspecified atom stereocenters. The van der Waals surface area contributed by atoms with E-state index in [1.165, 1.54) is 23.0 Å². The van der Waals surface area contributed by atoms with Crippen molar-refractivity contribution in [1.29, 1.82) is 0 Å². The summed E-state index contributed by atoms with van der Waals surface area (Å²) in [6.07, 6.45) is 4.51. The van der Waals surface area contributed by atoms with Crippen LogP contribution in [0, 0.1) is 10.1 Å². The normalized spacial score (nSPS) is 11.3. The lowest BCUT2D eigenvalue weighted by molar-refractivity contribution is -0.670. The summed E-state index contributed by atoms with van der Waals surface area (Å²) in [6.45, 7) is 0. The molecule has 0 aliphatic heterocycles. The Morgan fingerprint density at radius 1 is 1.11 bits per heavy atom. The molecule has 0 fully saturated rings. The number of hydrogen-bond acceptors (Lipinski definition) is 6. The number of benzene rings is 2. The Hall–Kier alpha value is -4.34. The van der Waals surface area contributed by atoms with Gasteiger partial charge in [-0.2, -0.15) is 0 Å². The van der Waals surface area contributed by atoms with Crippen molar-refractivity contribution in [3.05, 3.63) is 90.9 Å². The molecule has 0 spiro atoms. The summed E-state index contributed by atoms with van der Waals surface area (Å²) in [4.78, 5) is 40.8. The average molecular weight is 378 g/mol. The Balaban J connectivity index is 1.66. The van der Waals surface area contributed by atoms with Crippen molar-refractivity contribution in [2.24, 2.45) is 0 Å². The zero-order chi connectivity index (χ0) is 19.7. The monoisotopic (exact) mass is 378 g/mol. The predicted molar refractivity (Wildman–Crippen MR) is 98.8 cm³/mol. The molecular formula is C18H12N5O5+. The van der Waals surface area contributed by atoms with Gasteiger partial charge in [0.15, 0.2) is 0 Å². The summed E-state index contributed by atoms with van der Waals surface area (Å²) in [5, 5.41) is 13.4. The van der Waals surface area contributed by atoms with Crippen LogP contribution in [0.3, 0.4) is 0 Å². The highest BCUT2D eigenvalue weighted by atomic mass is 16.6. The predicted octanol–water partition coefficient (Wildman–Crippen LogP) is 1.56. The number of nitro benzene ring substituents is 1. The van der Waals surface area contributed by atoms with Crippen molar-refractivity contribution < 1.29 is 14.1 Å². The SMILES string of the molecule is O=c1c[n+](-c2ccc3nc(/C=C\c4ccc([N+](=O)[O-])cc4)[nH]c(=O)c3c2)[nH]o1. The molecule has 2 heterocycles. The van der Waals surface area contributed by atoms with Gasteiger partial charge in [-0.05, 0) is 39.8 Å². The maximum atomic E-state index is 12.4. The highest BCUT2D eigenvalue weighted by Crippen LogP contribution is 2.14. The Labute approximate surface area is 155 Å². The van der Waals surface area contributed by atoms with Crippen LogP contribution in [0.15, 0.2) is 62.8 Å². The second kappa shape index (κ2) is 6.76. The van der Waals surface area contributed by atoms with E-state index in [4.69, 9.17) is 0 Å². The zero-order valence-electron chi connectivity index (χ0n) is 14.2. The molecule has 0 atom stereocenters. The van der Waals surface area contributed by atoms with Crippen molar-refractivity contribution in [1.82, 2.24) is 15.2 Å². The third-order valence-corrected chi connectivity index (χ3v) is 4.00. The highest BCUT2D eigenvalue weighted by Gasteiger charge is 2.13. The van der Waals surface area contributed by atoms with Gasteiger partial charge in [0.1, 0.15) is 5.82 Å². The summed E-state index contributed by atoms with van der Waals surface area (Å²) in [6, 6.07) is 10.9. The van der Waals surface area contributed by atoms with E-state index in [-0.39, 0.29) is 11.2 Å². The molecular weight excluding hydrogens is 366 g/mol. The number of nitrogens with one attached hydrogen (secondary N) is 2. The zero-order valence-corrected chi connectivity index (χ0v) is 14.2. The van der Waals surface area contributed by atoms with Crippen molar-refractivity contribution >= 4 is 28.7 Å². The van der Waals surface area contributed by atoms with E-state index in [1.54, 1.807) is 42.5 Å². The van der Waals surface area contributed by atoms with E-state index in [0.717, 1.165) is 5.56 Å². The number of H-pyrrole nitrogens is 2. The Bertz CT molecular complexity index is 1330. The Morgan fingerprint density at radius 3 is 2.57 bits per heavy atom. The third kappa shape index (κ3) is 3.33. The Kier molecular flexibility index (Phi) is 4.13. The largest absolute Gasteiger partial charge is 0.427 e. The van der Waals surface area contributed by atoms with E-state index in [1.807, 2.05) is 0 Å². The maximum Gasteiger partial charge on any atom is 0.427 e. The molecule has 0 aliphatic carbocycles. The fourth-order valence-corrected chi connectivity index (χ4v) is 2.64. The summed E-state index contributed by atoms with van der Waals surface area (Å²) in [5.74, 6) is 0.341. The van der Waals surface area contributed by atoms with Gasteiger partial charge < -0.3 is 4.98 Å². The van der Waals surface area contributed by atoms with Crippen LogP contribution in [0.5, 0.6) is 0 Å². The first-order chi connectivity index (χ1) is 13.5. The Morgan fingerprint density at radius 2 is 1.89 bits per heavy atom. The average Bonchev–Trinajstić information content (AvgIpc) is 3.13. The van der Waals surface area contributed by atoms with Gasteiger partial charge in [-0.3, -0.25) is 19.4 Å². The quantitative estimate of drug-likeness (QED) is 0.314. The van der Waals surface area contributed by atoms with Crippen molar-refractivity contribution in [2.45, 2.75) is 0 Å². The van der Waals surface area contributed by atoms with Crippen LogP contribution < -0.4 is 15.9 Å². The van der Waals surface area contributed by atoms with Crippen LogP contribution >= 0.6 is 0 Å². The minimum absolute atomic E-state index is 0.00188. The van der Waals surface area contributed by atoms with Gasteiger partial charge in [0.25, 0.3) is 17.4 Å². The first-order valence-electron chi connectivity index (χ1n) is 8.07. The summed E-state index contributed by atoms with van der Waals surface area (Å²) >= 11 is 0. The molecule has 138 valence electrons. The number of rotatable bonds is 4. The number of aromatic amines is 2. The number of non-ortho nitro benzene ring substituents is 1. The number of aromatic nitrogens is 4. The molecule has 2 aromatic carbocycles. The van der Waals surface area contributed by atoms with Crippen LogP contribution in [0.4, 0.5) is 5.69 Å². The van der Waals surface area contributed by atoms with Crippen molar-refractivity contribution in [3.63, 3.8) is 0 Å². The molecule has 0 saturated carbocycles. The lowest BCUT2D eigenvalue weighted by Gasteiger charge is -1.99. The molecule has 0 amide bonds. The highest BCUT2D eigenvalue weighted by molar-refractivity contribution is 5.80. The van der Waals surface area contributed by atoms with Gasteiger partial charge in [0, 0.05) is 24.3 Å². The van der Waals surface area contributed by atoms with Crippen LogP contribution in [0.25, 0.3) is 28.7 Å². The first kappa shape index (κ1) is 17.1. The van der Waals surface area contributed by atoms with E-state index >= 15 is 0 Å². The molecule has 2 aromatic heterocycles. The molecule has 0 saturated heterocycles. The van der Waals surface area contributed by atoms with E-state index in [9.17, 15) is 19.7 Å². The first-order valence-corrected chi connectivity index (χ1v) is 8.07. The number of nitrogens with zero attached hydrogens (tertiary/aromatic N) is 3. The molecule has 2 N–H and O–H groups in total. The van der Waals surface area contributed by atoms with E-state index < -0.39 is 10.5 Å². The second-order valence-corrected chi connectivity index (χ2v) is 5.85. The van der Waals surface area contributed by atoms with Gasteiger partial charge in [-0.15, -0.1) is 0 Å². The van der Waals surface area contributed by atoms with Gasteiger partial charge >= 0.3 is 5.63 Å².